The Morgan fingerprint density at radius 1 is 1.07 bits per heavy atom. The molecule has 0 fully saturated rings. The molecular formula is C19H22ClFN2O4S. The fourth-order valence-corrected chi connectivity index (χ4v) is 3.54. The maximum atomic E-state index is 13.1. The van der Waals surface area contributed by atoms with Gasteiger partial charge in [0.15, 0.2) is 5.58 Å². The van der Waals surface area contributed by atoms with Crippen LogP contribution in [0.5, 0.6) is 0 Å². The summed E-state index contributed by atoms with van der Waals surface area (Å²) in [6.07, 6.45) is 1.73. The standard InChI is InChI=1S/C19H21FN2O4S.ClH/c1-27(24,25)12-2-9-21-10-11-22-17-13-15(5-8-18(17)26-19(22)23)14-3-6-16(20)7-4-14;/h3-8,13,21H,2,9-12H2,1H3;1H. The molecule has 1 N–H and O–H groups in total. The normalized spacial score (nSPS) is 11.5. The highest BCUT2D eigenvalue weighted by Crippen LogP contribution is 2.24. The van der Waals surface area contributed by atoms with E-state index in [2.05, 4.69) is 5.32 Å². The molecule has 0 aliphatic rings. The zero-order chi connectivity index (χ0) is 19.4. The minimum atomic E-state index is -2.96. The van der Waals surface area contributed by atoms with E-state index in [0.717, 1.165) is 11.1 Å². The van der Waals surface area contributed by atoms with E-state index in [1.807, 2.05) is 12.1 Å². The number of halogens is 2. The van der Waals surface area contributed by atoms with Gasteiger partial charge in [0.2, 0.25) is 0 Å². The first-order valence-corrected chi connectivity index (χ1v) is 10.7. The van der Waals surface area contributed by atoms with Crippen molar-refractivity contribution in [2.24, 2.45) is 0 Å². The van der Waals surface area contributed by atoms with E-state index < -0.39 is 15.6 Å². The van der Waals surface area contributed by atoms with Crippen LogP contribution in [-0.2, 0) is 16.4 Å². The zero-order valence-electron chi connectivity index (χ0n) is 15.4. The van der Waals surface area contributed by atoms with Crippen molar-refractivity contribution < 1.29 is 17.2 Å². The number of hydrogen-bond donors (Lipinski definition) is 1. The molecular weight excluding hydrogens is 407 g/mol. The van der Waals surface area contributed by atoms with Crippen molar-refractivity contribution in [2.75, 3.05) is 25.1 Å². The van der Waals surface area contributed by atoms with Gasteiger partial charge in [0, 0.05) is 19.3 Å². The number of oxazole rings is 1. The van der Waals surface area contributed by atoms with Crippen molar-refractivity contribution in [3.05, 3.63) is 58.8 Å². The van der Waals surface area contributed by atoms with Gasteiger partial charge in [-0.05, 0) is 48.4 Å². The lowest BCUT2D eigenvalue weighted by Gasteiger charge is -2.06. The van der Waals surface area contributed by atoms with Crippen molar-refractivity contribution >= 4 is 33.3 Å². The Morgan fingerprint density at radius 3 is 2.43 bits per heavy atom. The van der Waals surface area contributed by atoms with Crippen molar-refractivity contribution in [3.8, 4) is 11.1 Å². The topological polar surface area (TPSA) is 81.3 Å². The van der Waals surface area contributed by atoms with Crippen LogP contribution in [0.3, 0.4) is 0 Å². The highest BCUT2D eigenvalue weighted by molar-refractivity contribution is 7.90. The summed E-state index contributed by atoms with van der Waals surface area (Å²) in [6, 6.07) is 11.5. The Kier molecular flexibility index (Phi) is 7.40. The molecule has 0 saturated heterocycles. The molecule has 0 atom stereocenters. The molecule has 0 aliphatic carbocycles. The molecule has 9 heteroatoms. The molecule has 2 aromatic carbocycles. The van der Waals surface area contributed by atoms with E-state index >= 15 is 0 Å². The van der Waals surface area contributed by atoms with Gasteiger partial charge in [-0.25, -0.2) is 17.6 Å². The largest absolute Gasteiger partial charge is 0.419 e. The molecule has 0 amide bonds. The molecule has 0 aliphatic heterocycles. The van der Waals surface area contributed by atoms with E-state index in [9.17, 15) is 17.6 Å². The average molecular weight is 429 g/mol. The van der Waals surface area contributed by atoms with Crippen molar-refractivity contribution in [1.29, 1.82) is 0 Å². The van der Waals surface area contributed by atoms with Gasteiger partial charge in [-0.3, -0.25) is 4.57 Å². The molecule has 0 bridgehead atoms. The van der Waals surface area contributed by atoms with E-state index in [0.29, 0.717) is 37.2 Å². The predicted molar refractivity (Wildman–Crippen MR) is 110 cm³/mol. The van der Waals surface area contributed by atoms with Crippen LogP contribution in [0.4, 0.5) is 4.39 Å². The number of fused-ring (bicyclic) bond motifs is 1. The van der Waals surface area contributed by atoms with Crippen molar-refractivity contribution in [1.82, 2.24) is 9.88 Å². The highest BCUT2D eigenvalue weighted by Gasteiger charge is 2.10. The fourth-order valence-electron chi connectivity index (χ4n) is 2.87. The van der Waals surface area contributed by atoms with E-state index in [-0.39, 0.29) is 24.0 Å². The molecule has 28 heavy (non-hydrogen) atoms. The highest BCUT2D eigenvalue weighted by atomic mass is 35.5. The van der Waals surface area contributed by atoms with Gasteiger partial charge in [0.25, 0.3) is 0 Å². The minimum Gasteiger partial charge on any atom is -0.408 e. The molecule has 6 nitrogen and oxygen atoms in total. The first-order chi connectivity index (χ1) is 12.8. The first-order valence-electron chi connectivity index (χ1n) is 8.61. The van der Waals surface area contributed by atoms with Gasteiger partial charge < -0.3 is 9.73 Å². The number of sulfone groups is 1. The van der Waals surface area contributed by atoms with Crippen molar-refractivity contribution in [3.63, 3.8) is 0 Å². The molecule has 152 valence electrons. The van der Waals surface area contributed by atoms with Crippen LogP contribution in [0.25, 0.3) is 22.2 Å². The first kappa shape index (κ1) is 22.1. The van der Waals surface area contributed by atoms with Crippen LogP contribution in [0.15, 0.2) is 51.7 Å². The quantitative estimate of drug-likeness (QED) is 0.558. The Labute approximate surface area is 168 Å². The maximum Gasteiger partial charge on any atom is 0.419 e. The van der Waals surface area contributed by atoms with E-state index in [1.54, 1.807) is 18.2 Å². The van der Waals surface area contributed by atoms with Crippen molar-refractivity contribution in [2.45, 2.75) is 13.0 Å². The van der Waals surface area contributed by atoms with E-state index in [4.69, 9.17) is 4.42 Å². The molecule has 3 rings (SSSR count). The Balaban J connectivity index is 0.00000280. The van der Waals surface area contributed by atoms with Gasteiger partial charge in [-0.2, -0.15) is 0 Å². The zero-order valence-corrected chi connectivity index (χ0v) is 17.0. The molecule has 1 heterocycles. The Bertz CT molecular complexity index is 1090. The summed E-state index contributed by atoms with van der Waals surface area (Å²) in [5.74, 6) is -0.614. The maximum absolute atomic E-state index is 13.1. The number of nitrogens with one attached hydrogen (secondary N) is 1. The predicted octanol–water partition coefficient (Wildman–Crippen LogP) is 2.85. The Morgan fingerprint density at radius 2 is 1.75 bits per heavy atom. The lowest BCUT2D eigenvalue weighted by atomic mass is 10.1. The smallest absolute Gasteiger partial charge is 0.408 e. The summed E-state index contributed by atoms with van der Waals surface area (Å²) in [7, 11) is -2.96. The van der Waals surface area contributed by atoms with Gasteiger partial charge >= 0.3 is 5.76 Å². The van der Waals surface area contributed by atoms with Gasteiger partial charge in [0.05, 0.1) is 11.3 Å². The number of rotatable bonds is 8. The summed E-state index contributed by atoms with van der Waals surface area (Å²) in [5.41, 5.74) is 2.86. The van der Waals surface area contributed by atoms with E-state index in [1.165, 1.54) is 23.0 Å². The van der Waals surface area contributed by atoms with Crippen LogP contribution in [-0.4, -0.2) is 38.1 Å². The monoisotopic (exact) mass is 428 g/mol. The number of hydrogen-bond acceptors (Lipinski definition) is 5. The average Bonchev–Trinajstić information content (AvgIpc) is 2.92. The van der Waals surface area contributed by atoms with Gasteiger partial charge in [-0.15, -0.1) is 12.4 Å². The molecule has 0 spiro atoms. The SMILES string of the molecule is CS(=O)(=O)CCCNCCn1c(=O)oc2ccc(-c3ccc(F)cc3)cc21.Cl. The summed E-state index contributed by atoms with van der Waals surface area (Å²) >= 11 is 0. The second-order valence-electron chi connectivity index (χ2n) is 6.44. The number of benzene rings is 2. The summed E-state index contributed by atoms with van der Waals surface area (Å²) in [6.45, 7) is 1.47. The lowest BCUT2D eigenvalue weighted by Crippen LogP contribution is -2.26. The minimum absolute atomic E-state index is 0. The third-order valence-corrected chi connectivity index (χ3v) is 5.26. The number of aromatic nitrogens is 1. The fraction of sp³-hybridized carbons (Fsp3) is 0.316. The lowest BCUT2D eigenvalue weighted by molar-refractivity contribution is 0.494. The summed E-state index contributed by atoms with van der Waals surface area (Å²) in [5, 5.41) is 3.13. The van der Waals surface area contributed by atoms with Crippen LogP contribution in [0.2, 0.25) is 0 Å². The molecule has 1 aromatic heterocycles. The van der Waals surface area contributed by atoms with Crippen LogP contribution in [0.1, 0.15) is 6.42 Å². The molecule has 0 unspecified atom stereocenters. The molecule has 0 saturated carbocycles. The van der Waals surface area contributed by atoms with Crippen LogP contribution >= 0.6 is 12.4 Å². The number of nitrogens with zero attached hydrogens (tertiary/aromatic N) is 1. The Hall–Kier alpha value is -2.16. The molecule has 3 aromatic rings. The summed E-state index contributed by atoms with van der Waals surface area (Å²) < 4.78 is 42.1. The van der Waals surface area contributed by atoms with Crippen LogP contribution in [0, 0.1) is 5.82 Å². The molecule has 0 radical (unpaired) electrons. The summed E-state index contributed by atoms with van der Waals surface area (Å²) in [4.78, 5) is 12.1. The van der Waals surface area contributed by atoms with Gasteiger partial charge in [-0.1, -0.05) is 18.2 Å². The third-order valence-electron chi connectivity index (χ3n) is 4.23. The second-order valence-corrected chi connectivity index (χ2v) is 8.70. The third kappa shape index (κ3) is 5.67. The van der Waals surface area contributed by atoms with Gasteiger partial charge in [0.1, 0.15) is 15.7 Å². The second kappa shape index (κ2) is 9.36. The van der Waals surface area contributed by atoms with Crippen LogP contribution < -0.4 is 11.1 Å².